The summed E-state index contributed by atoms with van der Waals surface area (Å²) in [6, 6.07) is 9.01. The average molecular weight is 310 g/mol. The second kappa shape index (κ2) is 6.93. The average Bonchev–Trinajstić information content (AvgIpc) is 2.86. The summed E-state index contributed by atoms with van der Waals surface area (Å²) in [5, 5.41) is 9.57. The molecule has 0 aliphatic heterocycles. The lowest BCUT2D eigenvalue weighted by atomic mass is 9.99. The van der Waals surface area contributed by atoms with Crippen LogP contribution in [0.25, 0.3) is 11.1 Å². The van der Waals surface area contributed by atoms with Gasteiger partial charge in [0.15, 0.2) is 0 Å². The van der Waals surface area contributed by atoms with Crippen molar-refractivity contribution in [1.82, 2.24) is 4.57 Å². The zero-order chi connectivity index (χ0) is 17.0. The predicted molar refractivity (Wildman–Crippen MR) is 86.3 cm³/mol. The lowest BCUT2D eigenvalue weighted by molar-refractivity contribution is 0.0516. The summed E-state index contributed by atoms with van der Waals surface area (Å²) in [5.74, 6) is -0.458. The van der Waals surface area contributed by atoms with Crippen molar-refractivity contribution in [3.05, 3.63) is 46.8 Å². The molecule has 2 aromatic rings. The minimum absolute atomic E-state index is 0.261. The number of hydrogen-bond donors (Lipinski definition) is 0. The van der Waals surface area contributed by atoms with Crippen molar-refractivity contribution in [3.8, 4) is 17.2 Å². The Balaban J connectivity index is 2.75. The van der Waals surface area contributed by atoms with Crippen LogP contribution >= 0.6 is 0 Å². The third-order valence-corrected chi connectivity index (χ3v) is 3.77. The highest BCUT2D eigenvalue weighted by atomic mass is 16.5. The van der Waals surface area contributed by atoms with Crippen LogP contribution in [0.15, 0.2) is 24.3 Å². The molecule has 0 saturated carbocycles. The summed E-state index contributed by atoms with van der Waals surface area (Å²) in [6.07, 6.45) is 1.38. The third-order valence-electron chi connectivity index (χ3n) is 3.77. The minimum Gasteiger partial charge on any atom is -0.461 e. The molecule has 0 aliphatic carbocycles. The Hall–Kier alpha value is -2.87. The van der Waals surface area contributed by atoms with E-state index >= 15 is 0 Å². The van der Waals surface area contributed by atoms with E-state index in [0.717, 1.165) is 12.0 Å². The maximum Gasteiger partial charge on any atom is 0.355 e. The van der Waals surface area contributed by atoms with Crippen molar-refractivity contribution >= 4 is 12.3 Å². The van der Waals surface area contributed by atoms with Crippen LogP contribution in [0.4, 0.5) is 0 Å². The minimum atomic E-state index is -0.458. The normalized spacial score (nSPS) is 10.2. The van der Waals surface area contributed by atoms with Crippen molar-refractivity contribution in [3.63, 3.8) is 0 Å². The molecule has 0 fully saturated rings. The molecule has 2 rings (SSSR count). The Labute approximate surface area is 135 Å². The van der Waals surface area contributed by atoms with Gasteiger partial charge in [0.2, 0.25) is 0 Å². The predicted octanol–water partition coefficient (Wildman–Crippen LogP) is 3.12. The van der Waals surface area contributed by atoms with Gasteiger partial charge in [-0.1, -0.05) is 31.2 Å². The van der Waals surface area contributed by atoms with Crippen molar-refractivity contribution in [2.45, 2.75) is 20.3 Å². The molecule has 5 heteroatoms. The molecule has 0 unspecified atom stereocenters. The van der Waals surface area contributed by atoms with E-state index < -0.39 is 5.97 Å². The van der Waals surface area contributed by atoms with E-state index in [4.69, 9.17) is 4.74 Å². The van der Waals surface area contributed by atoms with Crippen LogP contribution in [-0.4, -0.2) is 23.4 Å². The van der Waals surface area contributed by atoms with E-state index in [9.17, 15) is 14.9 Å². The van der Waals surface area contributed by atoms with Crippen LogP contribution in [0.2, 0.25) is 0 Å². The van der Waals surface area contributed by atoms with Crippen molar-refractivity contribution < 1.29 is 14.3 Å². The fraction of sp³-hybridized carbons (Fsp3) is 0.278. The van der Waals surface area contributed by atoms with Gasteiger partial charge >= 0.3 is 5.97 Å². The number of aldehydes is 1. The number of rotatable bonds is 5. The van der Waals surface area contributed by atoms with Gasteiger partial charge in [-0.05, 0) is 18.9 Å². The van der Waals surface area contributed by atoms with Gasteiger partial charge in [0.05, 0.1) is 12.2 Å². The highest BCUT2D eigenvalue weighted by molar-refractivity contribution is 5.98. The number of carbonyl (C=O) groups excluding carboxylic acids is 2. The second-order valence-electron chi connectivity index (χ2n) is 5.03. The lowest BCUT2D eigenvalue weighted by Crippen LogP contribution is -2.12. The van der Waals surface area contributed by atoms with E-state index in [0.29, 0.717) is 34.4 Å². The fourth-order valence-corrected chi connectivity index (χ4v) is 2.72. The van der Waals surface area contributed by atoms with Crippen LogP contribution in [0, 0.1) is 11.3 Å². The Bertz CT molecular complexity index is 780. The molecule has 118 valence electrons. The molecule has 0 saturated heterocycles. The summed E-state index contributed by atoms with van der Waals surface area (Å²) in [6.45, 7) is 3.94. The third kappa shape index (κ3) is 2.88. The number of benzene rings is 1. The first-order valence-corrected chi connectivity index (χ1v) is 7.43. The van der Waals surface area contributed by atoms with Crippen LogP contribution < -0.4 is 0 Å². The summed E-state index contributed by atoms with van der Waals surface area (Å²) < 4.78 is 6.87. The maximum atomic E-state index is 12.4. The van der Waals surface area contributed by atoms with Gasteiger partial charge < -0.3 is 9.30 Å². The SMILES string of the molecule is CCOC(=O)c1c(-c2ccc(C=O)cc2)c(C#N)c(CC)n1C. The molecular weight excluding hydrogens is 292 g/mol. The standard InChI is InChI=1S/C18H18N2O3/c1-4-15-14(10-19)16(13-8-6-12(11-21)7-9-13)17(20(15)3)18(22)23-5-2/h6-9,11H,4-5H2,1-3H3. The molecule has 0 bridgehead atoms. The van der Waals surface area contributed by atoms with Gasteiger partial charge in [0.1, 0.15) is 18.0 Å². The summed E-state index contributed by atoms with van der Waals surface area (Å²) in [7, 11) is 1.76. The van der Waals surface area contributed by atoms with Crippen molar-refractivity contribution in [1.29, 1.82) is 5.26 Å². The van der Waals surface area contributed by atoms with Crippen molar-refractivity contribution in [2.75, 3.05) is 6.61 Å². The van der Waals surface area contributed by atoms with Gasteiger partial charge in [0.25, 0.3) is 0 Å². The van der Waals surface area contributed by atoms with Crippen LogP contribution in [0.1, 0.15) is 46.0 Å². The topological polar surface area (TPSA) is 72.1 Å². The van der Waals surface area contributed by atoms with Gasteiger partial charge in [0, 0.05) is 23.9 Å². The zero-order valence-electron chi connectivity index (χ0n) is 13.4. The molecule has 1 aromatic carbocycles. The Kier molecular flexibility index (Phi) is 4.97. The summed E-state index contributed by atoms with van der Waals surface area (Å²) in [4.78, 5) is 23.2. The Morgan fingerprint density at radius 1 is 1.30 bits per heavy atom. The van der Waals surface area contributed by atoms with Crippen molar-refractivity contribution in [2.24, 2.45) is 7.05 Å². The monoisotopic (exact) mass is 310 g/mol. The van der Waals surface area contributed by atoms with Gasteiger partial charge in [-0.25, -0.2) is 4.79 Å². The highest BCUT2D eigenvalue weighted by Gasteiger charge is 2.26. The summed E-state index contributed by atoms with van der Waals surface area (Å²) >= 11 is 0. The van der Waals surface area contributed by atoms with Gasteiger partial charge in [-0.3, -0.25) is 4.79 Å². The van der Waals surface area contributed by atoms with E-state index in [-0.39, 0.29) is 6.61 Å². The Morgan fingerprint density at radius 2 is 1.96 bits per heavy atom. The van der Waals surface area contributed by atoms with E-state index in [2.05, 4.69) is 6.07 Å². The first kappa shape index (κ1) is 16.5. The number of ether oxygens (including phenoxy) is 1. The summed E-state index contributed by atoms with van der Waals surface area (Å²) in [5.41, 5.74) is 3.42. The first-order chi connectivity index (χ1) is 11.1. The molecule has 0 aliphatic rings. The van der Waals surface area contributed by atoms with E-state index in [1.165, 1.54) is 0 Å². The van der Waals surface area contributed by atoms with Crippen LogP contribution in [-0.2, 0) is 18.2 Å². The Morgan fingerprint density at radius 3 is 2.43 bits per heavy atom. The molecule has 23 heavy (non-hydrogen) atoms. The number of nitriles is 1. The van der Waals surface area contributed by atoms with E-state index in [1.807, 2.05) is 6.92 Å². The molecule has 1 heterocycles. The number of carbonyl (C=O) groups is 2. The largest absolute Gasteiger partial charge is 0.461 e. The maximum absolute atomic E-state index is 12.4. The molecule has 0 amide bonds. The number of esters is 1. The number of aromatic nitrogens is 1. The quantitative estimate of drug-likeness (QED) is 0.628. The van der Waals surface area contributed by atoms with E-state index in [1.54, 1.807) is 42.8 Å². The van der Waals surface area contributed by atoms with Gasteiger partial charge in [-0.15, -0.1) is 0 Å². The highest BCUT2D eigenvalue weighted by Crippen LogP contribution is 2.33. The molecule has 5 nitrogen and oxygen atoms in total. The smallest absolute Gasteiger partial charge is 0.355 e. The molecule has 0 N–H and O–H groups in total. The second-order valence-corrected chi connectivity index (χ2v) is 5.03. The lowest BCUT2D eigenvalue weighted by Gasteiger charge is -2.08. The van der Waals surface area contributed by atoms with Gasteiger partial charge in [-0.2, -0.15) is 5.26 Å². The number of nitrogens with zero attached hydrogens (tertiary/aromatic N) is 2. The first-order valence-electron chi connectivity index (χ1n) is 7.43. The zero-order valence-corrected chi connectivity index (χ0v) is 13.4. The molecule has 0 radical (unpaired) electrons. The fourth-order valence-electron chi connectivity index (χ4n) is 2.72. The molecule has 1 aromatic heterocycles. The number of hydrogen-bond acceptors (Lipinski definition) is 4. The molecule has 0 atom stereocenters. The molecular formula is C18H18N2O3. The van der Waals surface area contributed by atoms with Crippen LogP contribution in [0.5, 0.6) is 0 Å². The molecule has 0 spiro atoms. The van der Waals surface area contributed by atoms with Crippen LogP contribution in [0.3, 0.4) is 0 Å².